The molecule has 7 nitrogen and oxygen atoms in total. The van der Waals surface area contributed by atoms with E-state index in [4.69, 9.17) is 0 Å². The van der Waals surface area contributed by atoms with Crippen molar-refractivity contribution >= 4 is 21.7 Å². The van der Waals surface area contributed by atoms with E-state index >= 15 is 0 Å². The fourth-order valence-corrected chi connectivity index (χ4v) is 5.70. The maximum atomic E-state index is 13.0. The standard InChI is InChI=1S/C19H24N4O3S/c1-13-10-18(22(2)20-13)23-9-5-8-17(19(23)24)21-27(25,26)16-11-14-6-3-4-7-15(14)12-16/h3-4,6-7,10,16-17,21H,5,8-9,11-12H2,1-2H3/t17-/m0/s1. The lowest BCUT2D eigenvalue weighted by Gasteiger charge is -2.32. The quantitative estimate of drug-likeness (QED) is 0.856. The Kier molecular flexibility index (Phi) is 4.55. The summed E-state index contributed by atoms with van der Waals surface area (Å²) >= 11 is 0. The number of piperidine rings is 1. The van der Waals surface area contributed by atoms with Gasteiger partial charge in [0.2, 0.25) is 15.9 Å². The first-order chi connectivity index (χ1) is 12.8. The second kappa shape index (κ2) is 6.76. The van der Waals surface area contributed by atoms with Gasteiger partial charge in [0.25, 0.3) is 0 Å². The molecule has 0 radical (unpaired) electrons. The number of aryl methyl sites for hydroxylation is 2. The third kappa shape index (κ3) is 3.39. The van der Waals surface area contributed by atoms with Gasteiger partial charge in [-0.15, -0.1) is 0 Å². The van der Waals surface area contributed by atoms with Crippen molar-refractivity contribution in [1.82, 2.24) is 14.5 Å². The third-order valence-electron chi connectivity index (χ3n) is 5.45. The van der Waals surface area contributed by atoms with Gasteiger partial charge in [-0.1, -0.05) is 24.3 Å². The SMILES string of the molecule is Cc1cc(N2CCC[C@H](NS(=O)(=O)C3Cc4ccccc4C3)C2=O)n(C)n1. The van der Waals surface area contributed by atoms with E-state index in [1.54, 1.807) is 16.6 Å². The summed E-state index contributed by atoms with van der Waals surface area (Å²) in [5.74, 6) is 0.498. The number of hydrogen-bond donors (Lipinski definition) is 1. The maximum Gasteiger partial charge on any atom is 0.246 e. The van der Waals surface area contributed by atoms with Crippen LogP contribution in [-0.4, -0.2) is 41.9 Å². The molecule has 1 aliphatic heterocycles. The van der Waals surface area contributed by atoms with Gasteiger partial charge in [-0.3, -0.25) is 14.4 Å². The molecule has 27 heavy (non-hydrogen) atoms. The molecular weight excluding hydrogens is 364 g/mol. The zero-order chi connectivity index (χ0) is 19.2. The first-order valence-corrected chi connectivity index (χ1v) is 10.8. The normalized spacial score (nSPS) is 20.9. The topological polar surface area (TPSA) is 84.3 Å². The van der Waals surface area contributed by atoms with Crippen molar-refractivity contribution in [3.8, 4) is 0 Å². The van der Waals surface area contributed by atoms with Crippen molar-refractivity contribution < 1.29 is 13.2 Å². The highest BCUT2D eigenvalue weighted by Crippen LogP contribution is 2.27. The second-order valence-electron chi connectivity index (χ2n) is 7.41. The van der Waals surface area contributed by atoms with Crippen molar-refractivity contribution in [2.75, 3.05) is 11.4 Å². The summed E-state index contributed by atoms with van der Waals surface area (Å²) in [6.07, 6.45) is 2.26. The molecule has 1 fully saturated rings. The number of carbonyl (C=O) groups excluding carboxylic acids is 1. The average Bonchev–Trinajstić information content (AvgIpc) is 3.20. The van der Waals surface area contributed by atoms with Crippen molar-refractivity contribution in [3.63, 3.8) is 0 Å². The molecule has 1 aromatic carbocycles. The van der Waals surface area contributed by atoms with Crippen LogP contribution in [0.4, 0.5) is 5.82 Å². The number of amides is 1. The number of nitrogens with one attached hydrogen (secondary N) is 1. The maximum absolute atomic E-state index is 13.0. The number of aromatic nitrogens is 2. The highest BCUT2D eigenvalue weighted by Gasteiger charge is 2.38. The summed E-state index contributed by atoms with van der Waals surface area (Å²) in [7, 11) is -1.80. The fraction of sp³-hybridized carbons (Fsp3) is 0.474. The highest BCUT2D eigenvalue weighted by molar-refractivity contribution is 7.90. The minimum Gasteiger partial charge on any atom is -0.296 e. The van der Waals surface area contributed by atoms with Gasteiger partial charge in [-0.2, -0.15) is 5.10 Å². The third-order valence-corrected chi connectivity index (χ3v) is 7.28. The Bertz CT molecular complexity index is 958. The van der Waals surface area contributed by atoms with E-state index in [2.05, 4.69) is 9.82 Å². The number of anilines is 1. The molecule has 1 atom stereocenters. The van der Waals surface area contributed by atoms with Crippen molar-refractivity contribution in [3.05, 3.63) is 47.2 Å². The Morgan fingerprint density at radius 3 is 2.44 bits per heavy atom. The van der Waals surface area contributed by atoms with Gasteiger partial charge in [0.05, 0.1) is 10.9 Å². The molecule has 1 amide bonds. The van der Waals surface area contributed by atoms with E-state index in [-0.39, 0.29) is 5.91 Å². The summed E-state index contributed by atoms with van der Waals surface area (Å²) in [6, 6.07) is 8.94. The summed E-state index contributed by atoms with van der Waals surface area (Å²) < 4.78 is 30.2. The van der Waals surface area contributed by atoms with E-state index in [9.17, 15) is 13.2 Å². The molecule has 1 N–H and O–H groups in total. The molecular formula is C19H24N4O3S. The van der Waals surface area contributed by atoms with Crippen LogP contribution in [0.5, 0.6) is 0 Å². The molecule has 2 heterocycles. The zero-order valence-electron chi connectivity index (χ0n) is 15.6. The average molecular weight is 388 g/mol. The van der Waals surface area contributed by atoms with Crippen LogP contribution in [0.15, 0.2) is 30.3 Å². The van der Waals surface area contributed by atoms with Crippen LogP contribution >= 0.6 is 0 Å². The summed E-state index contributed by atoms with van der Waals surface area (Å²) in [5, 5.41) is 3.77. The number of rotatable bonds is 4. The smallest absolute Gasteiger partial charge is 0.246 e. The molecule has 0 bridgehead atoms. The number of benzene rings is 1. The molecule has 2 aromatic rings. The Morgan fingerprint density at radius 1 is 1.19 bits per heavy atom. The highest BCUT2D eigenvalue weighted by atomic mass is 32.2. The molecule has 2 aliphatic rings. The van der Waals surface area contributed by atoms with E-state index < -0.39 is 21.3 Å². The van der Waals surface area contributed by atoms with Gasteiger partial charge in [0.15, 0.2) is 0 Å². The van der Waals surface area contributed by atoms with E-state index in [0.717, 1.165) is 23.2 Å². The molecule has 144 valence electrons. The minimum absolute atomic E-state index is 0.205. The van der Waals surface area contributed by atoms with Crippen LogP contribution in [0.2, 0.25) is 0 Å². The first-order valence-electron chi connectivity index (χ1n) is 9.25. The minimum atomic E-state index is -3.59. The van der Waals surface area contributed by atoms with Gasteiger partial charge in [0.1, 0.15) is 11.9 Å². The number of hydrogen-bond acceptors (Lipinski definition) is 4. The summed E-state index contributed by atoms with van der Waals surface area (Å²) in [4.78, 5) is 14.6. The van der Waals surface area contributed by atoms with Gasteiger partial charge in [-0.05, 0) is 43.7 Å². The zero-order valence-corrected chi connectivity index (χ0v) is 16.4. The summed E-state index contributed by atoms with van der Waals surface area (Å²) in [5.41, 5.74) is 2.98. The predicted octanol–water partition coefficient (Wildman–Crippen LogP) is 1.31. The Hall–Kier alpha value is -2.19. The predicted molar refractivity (Wildman–Crippen MR) is 103 cm³/mol. The number of carbonyl (C=O) groups is 1. The molecule has 8 heteroatoms. The monoisotopic (exact) mass is 388 g/mol. The van der Waals surface area contributed by atoms with Crippen LogP contribution in [-0.2, 0) is 34.7 Å². The van der Waals surface area contributed by atoms with Crippen LogP contribution in [0, 0.1) is 6.92 Å². The van der Waals surface area contributed by atoms with Crippen molar-refractivity contribution in [1.29, 1.82) is 0 Å². The van der Waals surface area contributed by atoms with Gasteiger partial charge in [0, 0.05) is 19.7 Å². The largest absolute Gasteiger partial charge is 0.296 e. The molecule has 1 aliphatic carbocycles. The molecule has 1 saturated heterocycles. The van der Waals surface area contributed by atoms with Gasteiger partial charge < -0.3 is 0 Å². The number of sulfonamides is 1. The van der Waals surface area contributed by atoms with E-state index in [0.29, 0.717) is 31.6 Å². The molecule has 0 saturated carbocycles. The molecule has 0 spiro atoms. The van der Waals surface area contributed by atoms with Crippen molar-refractivity contribution in [2.45, 2.75) is 43.9 Å². The molecule has 4 rings (SSSR count). The fourth-order valence-electron chi connectivity index (χ4n) is 4.09. The Morgan fingerprint density at radius 2 is 1.85 bits per heavy atom. The molecule has 1 aromatic heterocycles. The van der Waals surface area contributed by atoms with E-state index in [1.807, 2.05) is 37.3 Å². The lowest BCUT2D eigenvalue weighted by molar-refractivity contribution is -0.121. The van der Waals surface area contributed by atoms with E-state index in [1.165, 1.54) is 0 Å². The lowest BCUT2D eigenvalue weighted by atomic mass is 10.1. The first kappa shape index (κ1) is 18.2. The van der Waals surface area contributed by atoms with Crippen molar-refractivity contribution in [2.24, 2.45) is 7.05 Å². The number of fused-ring (bicyclic) bond motifs is 1. The summed E-state index contributed by atoms with van der Waals surface area (Å²) in [6.45, 7) is 2.45. The van der Waals surface area contributed by atoms with Gasteiger partial charge in [-0.25, -0.2) is 13.1 Å². The van der Waals surface area contributed by atoms with Crippen LogP contribution in [0.25, 0.3) is 0 Å². The Balaban J connectivity index is 1.50. The second-order valence-corrected chi connectivity index (χ2v) is 9.41. The van der Waals surface area contributed by atoms with Gasteiger partial charge >= 0.3 is 0 Å². The van der Waals surface area contributed by atoms with Crippen LogP contribution in [0.3, 0.4) is 0 Å². The Labute approximate surface area is 159 Å². The molecule has 0 unspecified atom stereocenters. The lowest BCUT2D eigenvalue weighted by Crippen LogP contribution is -2.54. The van der Waals surface area contributed by atoms with Crippen LogP contribution in [0.1, 0.15) is 29.7 Å². The van der Waals surface area contributed by atoms with Crippen LogP contribution < -0.4 is 9.62 Å². The number of nitrogens with zero attached hydrogens (tertiary/aromatic N) is 3.